The minimum atomic E-state index is -0.708. The third-order valence-electron chi connectivity index (χ3n) is 2.65. The Morgan fingerprint density at radius 3 is 2.90 bits per heavy atom. The van der Waals surface area contributed by atoms with Crippen LogP contribution in [0.1, 0.15) is 25.5 Å². The van der Waals surface area contributed by atoms with Gasteiger partial charge in [-0.05, 0) is 24.9 Å². The van der Waals surface area contributed by atoms with Crippen LogP contribution in [0.25, 0.3) is 0 Å². The van der Waals surface area contributed by atoms with Crippen LogP contribution in [-0.2, 0) is 11.2 Å². The van der Waals surface area contributed by atoms with Crippen LogP contribution in [0.3, 0.4) is 0 Å². The molecular formula is C12H21N5O2S. The van der Waals surface area contributed by atoms with Crippen molar-refractivity contribution in [2.45, 2.75) is 32.2 Å². The number of hydrogen-bond donors (Lipinski definition) is 4. The molecule has 0 radical (unpaired) electrons. The Hall–Kier alpha value is -1.70. The van der Waals surface area contributed by atoms with Crippen molar-refractivity contribution in [3.05, 3.63) is 11.8 Å². The second kappa shape index (κ2) is 8.47. The van der Waals surface area contributed by atoms with Crippen molar-refractivity contribution in [1.29, 1.82) is 0 Å². The molecule has 20 heavy (non-hydrogen) atoms. The number of urea groups is 1. The highest BCUT2D eigenvalue weighted by molar-refractivity contribution is 7.98. The zero-order chi connectivity index (χ0) is 15.0. The third kappa shape index (κ3) is 5.52. The number of carbonyl (C=O) groups is 2. The van der Waals surface area contributed by atoms with Gasteiger partial charge in [0, 0.05) is 11.8 Å². The molecule has 3 amide bonds. The Bertz CT molecular complexity index is 449. The molecule has 0 saturated carbocycles. The quantitative estimate of drug-likeness (QED) is 0.575. The Morgan fingerprint density at radius 2 is 2.30 bits per heavy atom. The summed E-state index contributed by atoms with van der Waals surface area (Å²) in [7, 11) is 0. The molecule has 1 aromatic rings. The summed E-state index contributed by atoms with van der Waals surface area (Å²) in [5.74, 6) is 0.895. The van der Waals surface area contributed by atoms with Crippen LogP contribution in [-0.4, -0.2) is 40.2 Å². The second-order valence-corrected chi connectivity index (χ2v) is 5.35. The van der Waals surface area contributed by atoms with E-state index in [1.165, 1.54) is 0 Å². The molecule has 0 aromatic carbocycles. The number of thioether (sulfide) groups is 1. The summed E-state index contributed by atoms with van der Waals surface area (Å²) in [5, 5.41) is 12.0. The lowest BCUT2D eigenvalue weighted by molar-refractivity contribution is -0.118. The van der Waals surface area contributed by atoms with E-state index in [-0.39, 0.29) is 5.91 Å². The number of carbonyl (C=O) groups excluding carboxylic acids is 2. The van der Waals surface area contributed by atoms with Crippen LogP contribution < -0.4 is 16.4 Å². The van der Waals surface area contributed by atoms with Gasteiger partial charge in [-0.15, -0.1) is 0 Å². The first-order chi connectivity index (χ1) is 9.56. The number of aromatic nitrogens is 2. The van der Waals surface area contributed by atoms with Gasteiger partial charge < -0.3 is 16.4 Å². The maximum Gasteiger partial charge on any atom is 0.312 e. The molecule has 1 unspecified atom stereocenters. The van der Waals surface area contributed by atoms with Crippen molar-refractivity contribution in [2.75, 3.05) is 17.3 Å². The normalized spacial score (nSPS) is 11.9. The van der Waals surface area contributed by atoms with Crippen molar-refractivity contribution < 1.29 is 9.59 Å². The number of aromatic amines is 1. The lowest BCUT2D eigenvalue weighted by Crippen LogP contribution is -2.46. The Morgan fingerprint density at radius 1 is 1.55 bits per heavy atom. The van der Waals surface area contributed by atoms with Crippen molar-refractivity contribution in [1.82, 2.24) is 15.5 Å². The molecular weight excluding hydrogens is 278 g/mol. The number of primary amides is 1. The number of anilines is 1. The van der Waals surface area contributed by atoms with E-state index in [4.69, 9.17) is 5.73 Å². The number of rotatable bonds is 8. The Balaban J connectivity index is 2.60. The number of H-pyrrole nitrogens is 1. The summed E-state index contributed by atoms with van der Waals surface area (Å²) in [6.07, 6.45) is 4.32. The monoisotopic (exact) mass is 299 g/mol. The van der Waals surface area contributed by atoms with Gasteiger partial charge in [0.1, 0.15) is 6.04 Å². The number of nitrogens with one attached hydrogen (secondary N) is 3. The highest BCUT2D eigenvalue weighted by Gasteiger charge is 2.20. The molecule has 0 aliphatic heterocycles. The molecule has 1 heterocycles. The molecule has 0 saturated heterocycles. The molecule has 7 nitrogen and oxygen atoms in total. The highest BCUT2D eigenvalue weighted by Crippen LogP contribution is 2.09. The van der Waals surface area contributed by atoms with Crippen molar-refractivity contribution >= 4 is 29.5 Å². The molecule has 1 rings (SSSR count). The van der Waals surface area contributed by atoms with Gasteiger partial charge in [0.05, 0.1) is 0 Å². The molecule has 0 aliphatic rings. The summed E-state index contributed by atoms with van der Waals surface area (Å²) in [5.41, 5.74) is 6.05. The maximum atomic E-state index is 12.1. The molecule has 5 N–H and O–H groups in total. The second-order valence-electron chi connectivity index (χ2n) is 4.36. The third-order valence-corrected chi connectivity index (χ3v) is 3.29. The largest absolute Gasteiger partial charge is 0.352 e. The smallest absolute Gasteiger partial charge is 0.312 e. The minimum Gasteiger partial charge on any atom is -0.352 e. The summed E-state index contributed by atoms with van der Waals surface area (Å²) in [4.78, 5) is 23.0. The lowest BCUT2D eigenvalue weighted by Gasteiger charge is -2.15. The van der Waals surface area contributed by atoms with Crippen LogP contribution in [0.5, 0.6) is 0 Å². The maximum absolute atomic E-state index is 12.1. The Kier molecular flexibility index (Phi) is 6.92. The number of hydrogen-bond acceptors (Lipinski definition) is 4. The fourth-order valence-corrected chi connectivity index (χ4v) is 2.18. The first-order valence-corrected chi connectivity index (χ1v) is 7.86. The van der Waals surface area contributed by atoms with Gasteiger partial charge in [0.2, 0.25) is 5.91 Å². The van der Waals surface area contributed by atoms with Crippen LogP contribution in [0.2, 0.25) is 0 Å². The van der Waals surface area contributed by atoms with Gasteiger partial charge in [0.25, 0.3) is 0 Å². The first kappa shape index (κ1) is 16.4. The zero-order valence-corrected chi connectivity index (χ0v) is 12.5. The molecule has 0 aliphatic carbocycles. The van der Waals surface area contributed by atoms with Gasteiger partial charge in [-0.2, -0.15) is 16.9 Å². The SMILES string of the molecule is CCCc1cc(NC(=O)C(CCSC)NC(N)=O)n[nH]1. The van der Waals surface area contributed by atoms with E-state index in [1.54, 1.807) is 17.8 Å². The molecule has 1 atom stereocenters. The molecule has 1 aromatic heterocycles. The summed E-state index contributed by atoms with van der Waals surface area (Å²) in [6.45, 7) is 2.06. The predicted molar refractivity (Wildman–Crippen MR) is 80.7 cm³/mol. The van der Waals surface area contributed by atoms with Crippen LogP contribution in [0.4, 0.5) is 10.6 Å². The summed E-state index contributed by atoms with van der Waals surface area (Å²) in [6, 6.07) is 0.434. The molecule has 0 bridgehead atoms. The van der Waals surface area contributed by atoms with E-state index in [2.05, 4.69) is 27.8 Å². The molecule has 0 fully saturated rings. The van der Waals surface area contributed by atoms with Crippen molar-refractivity contribution in [3.63, 3.8) is 0 Å². The van der Waals surface area contributed by atoms with Gasteiger partial charge in [0.15, 0.2) is 5.82 Å². The van der Waals surface area contributed by atoms with E-state index in [0.717, 1.165) is 24.3 Å². The fraction of sp³-hybridized carbons (Fsp3) is 0.583. The number of aryl methyl sites for hydroxylation is 1. The predicted octanol–water partition coefficient (Wildman–Crippen LogP) is 1.09. The van der Waals surface area contributed by atoms with Crippen LogP contribution in [0, 0.1) is 0 Å². The average molecular weight is 299 g/mol. The van der Waals surface area contributed by atoms with Crippen molar-refractivity contribution in [3.8, 4) is 0 Å². The van der Waals surface area contributed by atoms with Crippen molar-refractivity contribution in [2.24, 2.45) is 5.73 Å². The topological polar surface area (TPSA) is 113 Å². The van der Waals surface area contributed by atoms with E-state index in [1.807, 2.05) is 6.26 Å². The standard InChI is InChI=1S/C12H21N5O2S/c1-3-4-8-7-10(17-16-8)15-11(18)9(5-6-20-2)14-12(13)19/h7,9H,3-6H2,1-2H3,(H3,13,14,19)(H2,15,16,17,18). The average Bonchev–Trinajstić information content (AvgIpc) is 2.81. The van der Waals surface area contributed by atoms with Crippen LogP contribution in [0.15, 0.2) is 6.07 Å². The van der Waals surface area contributed by atoms with Gasteiger partial charge in [-0.25, -0.2) is 4.79 Å². The lowest BCUT2D eigenvalue weighted by atomic mass is 10.2. The number of nitrogens with two attached hydrogens (primary N) is 1. The van der Waals surface area contributed by atoms with E-state index in [0.29, 0.717) is 12.2 Å². The van der Waals surface area contributed by atoms with Gasteiger partial charge >= 0.3 is 6.03 Å². The Labute approximate surface area is 122 Å². The van der Waals surface area contributed by atoms with E-state index in [9.17, 15) is 9.59 Å². The summed E-state index contributed by atoms with van der Waals surface area (Å²) < 4.78 is 0. The fourth-order valence-electron chi connectivity index (χ4n) is 1.71. The zero-order valence-electron chi connectivity index (χ0n) is 11.7. The van der Waals surface area contributed by atoms with E-state index >= 15 is 0 Å². The van der Waals surface area contributed by atoms with Crippen LogP contribution >= 0.6 is 11.8 Å². The molecule has 8 heteroatoms. The number of nitrogens with zero attached hydrogens (tertiary/aromatic N) is 1. The number of amides is 3. The van der Waals surface area contributed by atoms with E-state index < -0.39 is 12.1 Å². The van der Waals surface area contributed by atoms with Gasteiger partial charge in [-0.1, -0.05) is 13.3 Å². The molecule has 112 valence electrons. The first-order valence-electron chi connectivity index (χ1n) is 6.46. The molecule has 0 spiro atoms. The van der Waals surface area contributed by atoms with Gasteiger partial charge in [-0.3, -0.25) is 9.89 Å². The summed E-state index contributed by atoms with van der Waals surface area (Å²) >= 11 is 1.60. The highest BCUT2D eigenvalue weighted by atomic mass is 32.2. The minimum absolute atomic E-state index is 0.313.